The lowest BCUT2D eigenvalue weighted by atomic mass is 10.3. The first kappa shape index (κ1) is 12.7. The highest BCUT2D eigenvalue weighted by Crippen LogP contribution is 2.05. The van der Waals surface area contributed by atoms with E-state index in [4.69, 9.17) is 11.6 Å². The first-order valence-electron chi connectivity index (χ1n) is 5.09. The largest absolute Gasteiger partial charge is 0.369 e. The molecule has 0 fully saturated rings. The summed E-state index contributed by atoms with van der Waals surface area (Å²) in [6.07, 6.45) is 1.96. The van der Waals surface area contributed by atoms with Crippen LogP contribution in [0.5, 0.6) is 0 Å². The van der Waals surface area contributed by atoms with Gasteiger partial charge in [-0.25, -0.2) is 9.97 Å². The molecule has 1 rings (SSSR count). The van der Waals surface area contributed by atoms with E-state index in [0.29, 0.717) is 18.8 Å². The predicted molar refractivity (Wildman–Crippen MR) is 63.4 cm³/mol. The maximum Gasteiger partial charge on any atom is 0.224 e. The van der Waals surface area contributed by atoms with Crippen molar-refractivity contribution in [3.05, 3.63) is 17.5 Å². The average molecular weight is 243 g/mol. The third-order valence-electron chi connectivity index (χ3n) is 1.73. The molecular weight excluding hydrogens is 228 g/mol. The molecule has 1 heterocycles. The van der Waals surface area contributed by atoms with Gasteiger partial charge in [0.05, 0.1) is 0 Å². The first-order valence-corrected chi connectivity index (χ1v) is 5.47. The lowest BCUT2D eigenvalue weighted by Crippen LogP contribution is -2.31. The molecule has 0 aromatic carbocycles. The number of carbonyl (C=O) groups is 1. The normalized spacial score (nSPS) is 10.2. The Morgan fingerprint density at radius 1 is 1.56 bits per heavy atom. The average Bonchev–Trinajstić information content (AvgIpc) is 2.16. The Morgan fingerprint density at radius 2 is 2.31 bits per heavy atom. The lowest BCUT2D eigenvalue weighted by molar-refractivity contribution is -0.121. The number of nitrogens with one attached hydrogen (secondary N) is 2. The van der Waals surface area contributed by atoms with Crippen LogP contribution in [0.15, 0.2) is 12.3 Å². The molecule has 16 heavy (non-hydrogen) atoms. The Balaban J connectivity index is 2.28. The zero-order chi connectivity index (χ0) is 12.0. The highest BCUT2D eigenvalue weighted by molar-refractivity contribution is 6.28. The molecule has 0 saturated heterocycles. The van der Waals surface area contributed by atoms with Crippen molar-refractivity contribution < 1.29 is 4.79 Å². The number of anilines is 1. The van der Waals surface area contributed by atoms with E-state index in [-0.39, 0.29) is 17.2 Å². The molecule has 0 unspecified atom stereocenters. The minimum Gasteiger partial charge on any atom is -0.369 e. The molecule has 6 heteroatoms. The van der Waals surface area contributed by atoms with Crippen molar-refractivity contribution in [1.29, 1.82) is 0 Å². The topological polar surface area (TPSA) is 66.9 Å². The van der Waals surface area contributed by atoms with Crippen LogP contribution in [-0.4, -0.2) is 28.5 Å². The molecule has 1 aromatic rings. The van der Waals surface area contributed by atoms with E-state index in [9.17, 15) is 4.79 Å². The summed E-state index contributed by atoms with van der Waals surface area (Å²) in [5.41, 5.74) is 0. The van der Waals surface area contributed by atoms with Gasteiger partial charge in [-0.1, -0.05) is 0 Å². The van der Waals surface area contributed by atoms with Crippen molar-refractivity contribution in [2.24, 2.45) is 0 Å². The van der Waals surface area contributed by atoms with Crippen molar-refractivity contribution in [3.8, 4) is 0 Å². The first-order chi connectivity index (χ1) is 7.58. The maximum absolute atomic E-state index is 11.3. The zero-order valence-corrected chi connectivity index (χ0v) is 10.1. The summed E-state index contributed by atoms with van der Waals surface area (Å²) >= 11 is 5.61. The number of hydrogen-bond donors (Lipinski definition) is 2. The Kier molecular flexibility index (Phi) is 4.98. The summed E-state index contributed by atoms with van der Waals surface area (Å²) in [6, 6.07) is 1.87. The molecular formula is C10H15ClN4O. The van der Waals surface area contributed by atoms with Crippen molar-refractivity contribution >= 4 is 23.3 Å². The number of carbonyl (C=O) groups excluding carboxylic acids is 1. The molecule has 0 radical (unpaired) electrons. The molecule has 0 aliphatic rings. The standard InChI is InChI=1S/C10H15ClN4O/c1-7(2)14-9(16)4-6-12-8-3-5-13-10(11)15-8/h3,5,7H,4,6H2,1-2H3,(H,14,16)(H,12,13,15). The van der Waals surface area contributed by atoms with Crippen LogP contribution in [0.4, 0.5) is 5.82 Å². The molecule has 5 nitrogen and oxygen atoms in total. The number of amides is 1. The van der Waals surface area contributed by atoms with Gasteiger partial charge in [-0.15, -0.1) is 0 Å². The summed E-state index contributed by atoms with van der Waals surface area (Å²) in [4.78, 5) is 19.0. The number of hydrogen-bond acceptors (Lipinski definition) is 4. The highest BCUT2D eigenvalue weighted by Gasteiger charge is 2.02. The van der Waals surface area contributed by atoms with Crippen molar-refractivity contribution in [1.82, 2.24) is 15.3 Å². The minimum absolute atomic E-state index is 0.0163. The van der Waals surface area contributed by atoms with E-state index >= 15 is 0 Å². The van der Waals surface area contributed by atoms with Crippen molar-refractivity contribution in [2.75, 3.05) is 11.9 Å². The van der Waals surface area contributed by atoms with E-state index in [0.717, 1.165) is 0 Å². The van der Waals surface area contributed by atoms with Crippen LogP contribution in [0.3, 0.4) is 0 Å². The van der Waals surface area contributed by atoms with Gasteiger partial charge < -0.3 is 10.6 Å². The van der Waals surface area contributed by atoms with E-state index in [1.165, 1.54) is 0 Å². The van der Waals surface area contributed by atoms with Crippen LogP contribution in [0.25, 0.3) is 0 Å². The zero-order valence-electron chi connectivity index (χ0n) is 9.33. The Hall–Kier alpha value is -1.36. The van der Waals surface area contributed by atoms with E-state index in [2.05, 4.69) is 20.6 Å². The van der Waals surface area contributed by atoms with Gasteiger partial charge in [0.25, 0.3) is 0 Å². The molecule has 0 atom stereocenters. The summed E-state index contributed by atoms with van der Waals surface area (Å²) in [6.45, 7) is 4.37. The van der Waals surface area contributed by atoms with Gasteiger partial charge in [-0.05, 0) is 31.5 Å². The third kappa shape index (κ3) is 4.93. The SMILES string of the molecule is CC(C)NC(=O)CCNc1ccnc(Cl)n1. The Morgan fingerprint density at radius 3 is 2.94 bits per heavy atom. The van der Waals surface area contributed by atoms with E-state index < -0.39 is 0 Å². The molecule has 0 aliphatic heterocycles. The lowest BCUT2D eigenvalue weighted by Gasteiger charge is -2.08. The van der Waals surface area contributed by atoms with Gasteiger partial charge in [0.15, 0.2) is 0 Å². The molecule has 0 aliphatic carbocycles. The van der Waals surface area contributed by atoms with Crippen molar-refractivity contribution in [3.63, 3.8) is 0 Å². The van der Waals surface area contributed by atoms with Gasteiger partial charge in [0.2, 0.25) is 11.2 Å². The smallest absolute Gasteiger partial charge is 0.224 e. The number of nitrogens with zero attached hydrogens (tertiary/aromatic N) is 2. The van der Waals surface area contributed by atoms with E-state index in [1.54, 1.807) is 12.3 Å². The second-order valence-electron chi connectivity index (χ2n) is 3.61. The number of rotatable bonds is 5. The van der Waals surface area contributed by atoms with Crippen LogP contribution in [-0.2, 0) is 4.79 Å². The summed E-state index contributed by atoms with van der Waals surface area (Å²) in [5.74, 6) is 0.639. The van der Waals surface area contributed by atoms with Crippen molar-refractivity contribution in [2.45, 2.75) is 26.3 Å². The molecule has 0 spiro atoms. The maximum atomic E-state index is 11.3. The van der Waals surface area contributed by atoms with Gasteiger partial charge in [-0.2, -0.15) is 0 Å². The number of aromatic nitrogens is 2. The second-order valence-corrected chi connectivity index (χ2v) is 3.95. The van der Waals surface area contributed by atoms with Crippen LogP contribution >= 0.6 is 11.6 Å². The summed E-state index contributed by atoms with van der Waals surface area (Å²) < 4.78 is 0. The van der Waals surface area contributed by atoms with Gasteiger partial charge in [0.1, 0.15) is 5.82 Å². The van der Waals surface area contributed by atoms with Crippen LogP contribution in [0, 0.1) is 0 Å². The fourth-order valence-electron chi connectivity index (χ4n) is 1.13. The Labute approximate surface area is 99.6 Å². The summed E-state index contributed by atoms with van der Waals surface area (Å²) in [7, 11) is 0. The van der Waals surface area contributed by atoms with Gasteiger partial charge >= 0.3 is 0 Å². The Bertz CT molecular complexity index is 356. The molecule has 0 bridgehead atoms. The summed E-state index contributed by atoms with van der Waals surface area (Å²) in [5, 5.41) is 5.99. The van der Waals surface area contributed by atoms with Gasteiger partial charge in [-0.3, -0.25) is 4.79 Å². The fraction of sp³-hybridized carbons (Fsp3) is 0.500. The predicted octanol–water partition coefficient (Wildman–Crippen LogP) is 1.46. The molecule has 88 valence electrons. The molecule has 1 amide bonds. The number of halogens is 1. The minimum atomic E-state index is 0.0163. The molecule has 1 aromatic heterocycles. The van der Waals surface area contributed by atoms with Crippen LogP contribution in [0.2, 0.25) is 5.28 Å². The van der Waals surface area contributed by atoms with Gasteiger partial charge in [0, 0.05) is 25.2 Å². The van der Waals surface area contributed by atoms with Crippen LogP contribution < -0.4 is 10.6 Å². The molecule has 2 N–H and O–H groups in total. The quantitative estimate of drug-likeness (QED) is 0.767. The monoisotopic (exact) mass is 242 g/mol. The highest BCUT2D eigenvalue weighted by atomic mass is 35.5. The molecule has 0 saturated carbocycles. The fourth-order valence-corrected chi connectivity index (χ4v) is 1.28. The third-order valence-corrected chi connectivity index (χ3v) is 1.92. The second kappa shape index (κ2) is 6.27. The van der Waals surface area contributed by atoms with E-state index in [1.807, 2.05) is 13.8 Å². The van der Waals surface area contributed by atoms with Crippen LogP contribution in [0.1, 0.15) is 20.3 Å².